The summed E-state index contributed by atoms with van der Waals surface area (Å²) in [5, 5.41) is 2.40. The smallest absolute Gasteiger partial charge is 0.246 e. The fraction of sp³-hybridized carbons (Fsp3) is 0.412. The van der Waals surface area contributed by atoms with Gasteiger partial charge in [0.05, 0.1) is 0 Å². The maximum Gasteiger partial charge on any atom is 0.347 e. The molecular weight excluding hydrogens is 354 g/mol. The van der Waals surface area contributed by atoms with E-state index >= 15 is 0 Å². The molecule has 1 N–H and O–H groups in total. The van der Waals surface area contributed by atoms with Crippen LogP contribution in [0.5, 0.6) is 0 Å². The molecule has 2 bridgehead atoms. The fourth-order valence-electron chi connectivity index (χ4n) is 4.90. The van der Waals surface area contributed by atoms with Gasteiger partial charge in [-0.3, -0.25) is 0 Å². The second-order valence-corrected chi connectivity index (χ2v) is 6.97. The van der Waals surface area contributed by atoms with Crippen LogP contribution in [0.1, 0.15) is 42.7 Å². The molecule has 9 heteroatoms. The largest absolute Gasteiger partial charge is 0.347 e. The van der Waals surface area contributed by atoms with E-state index in [1.807, 2.05) is 0 Å². The monoisotopic (exact) mass is 369 g/mol. The Hall–Kier alpha value is -2.58. The fourth-order valence-corrected chi connectivity index (χ4v) is 4.90. The van der Waals surface area contributed by atoms with Crippen LogP contribution in [0.15, 0.2) is 21.7 Å². The molecule has 2 atom stereocenters. The van der Waals surface area contributed by atoms with Gasteiger partial charge >= 0.3 is 11.4 Å². The quantitative estimate of drug-likeness (QED) is 0.382. The SMILES string of the molecule is C=C(C)C1(n2[nH]c(=O)n(C)c2=O)C2CCC1c1c(F)c(F)c(F)c(F)c12. The third-order valence-electron chi connectivity index (χ3n) is 5.89. The topological polar surface area (TPSA) is 59.8 Å². The summed E-state index contributed by atoms with van der Waals surface area (Å²) in [7, 11) is 1.26. The van der Waals surface area contributed by atoms with Crippen molar-refractivity contribution >= 4 is 0 Å². The molecule has 2 aliphatic rings. The van der Waals surface area contributed by atoms with Gasteiger partial charge < -0.3 is 0 Å². The number of aromatic amines is 1. The van der Waals surface area contributed by atoms with Gasteiger partial charge in [0.2, 0.25) is 0 Å². The van der Waals surface area contributed by atoms with Crippen LogP contribution in [0.3, 0.4) is 0 Å². The van der Waals surface area contributed by atoms with Crippen molar-refractivity contribution in [1.82, 2.24) is 14.3 Å². The molecular formula is C17H15F4N3O2. The maximum absolute atomic E-state index is 14.5. The summed E-state index contributed by atoms with van der Waals surface area (Å²) < 4.78 is 58.6. The van der Waals surface area contributed by atoms with Gasteiger partial charge in [0, 0.05) is 30.0 Å². The number of hydrogen-bond donors (Lipinski definition) is 1. The van der Waals surface area contributed by atoms with Crippen molar-refractivity contribution in [3.63, 3.8) is 0 Å². The molecule has 1 aromatic carbocycles. The molecule has 4 rings (SSSR count). The minimum absolute atomic E-state index is 0.280. The summed E-state index contributed by atoms with van der Waals surface area (Å²) in [5.74, 6) is -8.36. The second kappa shape index (κ2) is 4.99. The molecule has 1 aromatic heterocycles. The molecule has 138 valence electrons. The second-order valence-electron chi connectivity index (χ2n) is 6.97. The van der Waals surface area contributed by atoms with E-state index in [0.29, 0.717) is 18.4 Å². The summed E-state index contributed by atoms with van der Waals surface area (Å²) in [5.41, 5.74) is -3.00. The molecule has 2 aromatic rings. The first-order valence-electron chi connectivity index (χ1n) is 8.05. The number of H-pyrrole nitrogens is 1. The van der Waals surface area contributed by atoms with Crippen molar-refractivity contribution < 1.29 is 17.6 Å². The van der Waals surface area contributed by atoms with Crippen molar-refractivity contribution in [1.29, 1.82) is 0 Å². The Bertz CT molecular complexity index is 1050. The van der Waals surface area contributed by atoms with Crippen LogP contribution in [0.2, 0.25) is 0 Å². The van der Waals surface area contributed by atoms with Crippen molar-refractivity contribution in [3.05, 3.63) is 67.5 Å². The van der Waals surface area contributed by atoms with Gasteiger partial charge in [0.25, 0.3) is 0 Å². The normalized spacial score (nSPS) is 26.4. The molecule has 2 unspecified atom stereocenters. The van der Waals surface area contributed by atoms with Gasteiger partial charge in [-0.2, -0.15) is 0 Å². The number of hydrogen-bond acceptors (Lipinski definition) is 2. The average molecular weight is 369 g/mol. The molecule has 0 spiro atoms. The van der Waals surface area contributed by atoms with E-state index in [4.69, 9.17) is 0 Å². The zero-order chi connectivity index (χ0) is 19.1. The zero-order valence-corrected chi connectivity index (χ0v) is 14.0. The number of halogens is 4. The highest BCUT2D eigenvalue weighted by Gasteiger charge is 2.63. The Labute approximate surface area is 144 Å². The summed E-state index contributed by atoms with van der Waals surface area (Å²) in [6.45, 7) is 5.44. The number of rotatable bonds is 2. The van der Waals surface area contributed by atoms with E-state index < -0.39 is 52.0 Å². The van der Waals surface area contributed by atoms with Gasteiger partial charge in [0.15, 0.2) is 23.3 Å². The number of aromatic nitrogens is 3. The Morgan fingerprint density at radius 3 is 1.85 bits per heavy atom. The van der Waals surface area contributed by atoms with Crippen molar-refractivity contribution in [2.45, 2.75) is 37.1 Å². The third kappa shape index (κ3) is 1.61. The van der Waals surface area contributed by atoms with E-state index in [1.165, 1.54) is 7.05 Å². The first kappa shape index (κ1) is 16.9. The third-order valence-corrected chi connectivity index (χ3v) is 5.89. The molecule has 2 aliphatic carbocycles. The van der Waals surface area contributed by atoms with Gasteiger partial charge in [0.1, 0.15) is 5.54 Å². The number of fused-ring (bicyclic) bond motifs is 5. The van der Waals surface area contributed by atoms with Crippen molar-refractivity contribution in [2.75, 3.05) is 0 Å². The van der Waals surface area contributed by atoms with Gasteiger partial charge in [-0.15, -0.1) is 0 Å². The Morgan fingerprint density at radius 2 is 1.50 bits per heavy atom. The lowest BCUT2D eigenvalue weighted by atomic mass is 9.79. The minimum Gasteiger partial charge on any atom is -0.246 e. The summed E-state index contributed by atoms with van der Waals surface area (Å²) >= 11 is 0. The summed E-state index contributed by atoms with van der Waals surface area (Å²) in [6.07, 6.45) is 0.630. The van der Waals surface area contributed by atoms with E-state index in [2.05, 4.69) is 11.7 Å². The zero-order valence-electron chi connectivity index (χ0n) is 14.0. The van der Waals surface area contributed by atoms with Crippen LogP contribution in [0, 0.1) is 23.3 Å². The van der Waals surface area contributed by atoms with Crippen LogP contribution in [0.25, 0.3) is 0 Å². The minimum atomic E-state index is -1.88. The molecule has 1 heterocycles. The first-order chi connectivity index (χ1) is 12.2. The van der Waals surface area contributed by atoms with E-state index in [1.54, 1.807) is 6.92 Å². The van der Waals surface area contributed by atoms with Crippen molar-refractivity contribution in [2.24, 2.45) is 7.05 Å². The molecule has 5 nitrogen and oxygen atoms in total. The Kier molecular flexibility index (Phi) is 3.23. The lowest BCUT2D eigenvalue weighted by molar-refractivity contribution is 0.265. The summed E-state index contributed by atoms with van der Waals surface area (Å²) in [4.78, 5) is 24.5. The number of benzene rings is 1. The number of allylic oxidation sites excluding steroid dienone is 1. The van der Waals surface area contributed by atoms with E-state index in [9.17, 15) is 27.2 Å². The molecule has 26 heavy (non-hydrogen) atoms. The predicted molar refractivity (Wildman–Crippen MR) is 84.1 cm³/mol. The van der Waals surface area contributed by atoms with E-state index in [0.717, 1.165) is 9.25 Å². The maximum atomic E-state index is 14.5. The lowest BCUT2D eigenvalue weighted by Crippen LogP contribution is -2.45. The predicted octanol–water partition coefficient (Wildman–Crippen LogP) is 2.38. The van der Waals surface area contributed by atoms with Gasteiger partial charge in [-0.25, -0.2) is 41.5 Å². The number of nitrogens with zero attached hydrogens (tertiary/aromatic N) is 2. The van der Waals surface area contributed by atoms with Gasteiger partial charge in [-0.1, -0.05) is 12.2 Å². The van der Waals surface area contributed by atoms with Crippen LogP contribution in [-0.4, -0.2) is 14.3 Å². The molecule has 0 radical (unpaired) electrons. The lowest BCUT2D eigenvalue weighted by Gasteiger charge is -2.35. The van der Waals surface area contributed by atoms with Gasteiger partial charge in [-0.05, 0) is 19.8 Å². The highest BCUT2D eigenvalue weighted by Crippen LogP contribution is 2.66. The average Bonchev–Trinajstić information content (AvgIpc) is 3.20. The summed E-state index contributed by atoms with van der Waals surface area (Å²) in [6, 6.07) is 0. The highest BCUT2D eigenvalue weighted by molar-refractivity contribution is 5.52. The van der Waals surface area contributed by atoms with Crippen LogP contribution in [-0.2, 0) is 12.6 Å². The molecule has 0 aliphatic heterocycles. The highest BCUT2D eigenvalue weighted by atomic mass is 19.2. The first-order valence-corrected chi connectivity index (χ1v) is 8.05. The van der Waals surface area contributed by atoms with Crippen LogP contribution in [0.4, 0.5) is 17.6 Å². The number of nitrogens with one attached hydrogen (secondary N) is 1. The molecule has 0 amide bonds. The molecule has 1 fully saturated rings. The van der Waals surface area contributed by atoms with Crippen LogP contribution >= 0.6 is 0 Å². The Morgan fingerprint density at radius 1 is 1.04 bits per heavy atom. The molecule has 0 saturated heterocycles. The Balaban J connectivity index is 2.12. The molecule has 1 saturated carbocycles. The van der Waals surface area contributed by atoms with E-state index in [-0.39, 0.29) is 11.1 Å². The van der Waals surface area contributed by atoms with Crippen LogP contribution < -0.4 is 11.4 Å². The standard InChI is InChI=1S/C17H15F4N3O2/c1-6(2)17(24-16(26)23(3)15(25)22-24)7-4-5-8(17)10-9(7)11(18)13(20)14(21)12(10)19/h7-8H,1,4-5H2,2-3H3,(H,22,25). The van der Waals surface area contributed by atoms with Crippen molar-refractivity contribution in [3.8, 4) is 0 Å².